The third-order valence-corrected chi connectivity index (χ3v) is 4.44. The van der Waals surface area contributed by atoms with Crippen LogP contribution >= 0.6 is 0 Å². The van der Waals surface area contributed by atoms with Crippen LogP contribution in [0.25, 0.3) is 16.7 Å². The quantitative estimate of drug-likeness (QED) is 0.753. The Morgan fingerprint density at radius 3 is 2.73 bits per heavy atom. The van der Waals surface area contributed by atoms with Gasteiger partial charge in [0.25, 0.3) is 0 Å². The summed E-state index contributed by atoms with van der Waals surface area (Å²) >= 11 is 0. The highest BCUT2D eigenvalue weighted by Crippen LogP contribution is 2.27. The largest absolute Gasteiger partial charge is 0.311 e. The highest BCUT2D eigenvalue weighted by atomic mass is 16.2. The van der Waals surface area contributed by atoms with E-state index in [-0.39, 0.29) is 17.7 Å². The number of fused-ring (bicyclic) bond motifs is 1. The maximum atomic E-state index is 12.1. The lowest BCUT2D eigenvalue weighted by Crippen LogP contribution is -2.28. The number of amides is 2. The molecule has 0 atom stereocenters. The number of hydrogen-bond donors (Lipinski definition) is 2. The van der Waals surface area contributed by atoms with E-state index in [0.29, 0.717) is 17.5 Å². The molecule has 26 heavy (non-hydrogen) atoms. The molecular weight excluding hydrogens is 332 g/mol. The monoisotopic (exact) mass is 350 g/mol. The number of carbonyl (C=O) groups is 2. The van der Waals surface area contributed by atoms with Crippen LogP contribution in [0.1, 0.15) is 26.2 Å². The van der Waals surface area contributed by atoms with Gasteiger partial charge in [-0.3, -0.25) is 9.59 Å². The number of rotatable bonds is 4. The first-order chi connectivity index (χ1) is 12.6. The van der Waals surface area contributed by atoms with Crippen LogP contribution in [0.5, 0.6) is 0 Å². The lowest BCUT2D eigenvalue weighted by atomic mass is 9.85. The Labute approximate surface area is 149 Å². The first-order valence-corrected chi connectivity index (χ1v) is 8.50. The molecule has 0 bridgehead atoms. The van der Waals surface area contributed by atoms with Crippen LogP contribution in [0.2, 0.25) is 0 Å². The molecule has 2 amide bonds. The molecule has 1 aliphatic rings. The molecule has 8 heteroatoms. The van der Waals surface area contributed by atoms with Crippen LogP contribution in [-0.4, -0.2) is 31.6 Å². The Kier molecular flexibility index (Phi) is 4.08. The van der Waals surface area contributed by atoms with Crippen molar-refractivity contribution in [1.29, 1.82) is 0 Å². The average molecular weight is 350 g/mol. The van der Waals surface area contributed by atoms with E-state index in [1.807, 2.05) is 12.1 Å². The van der Waals surface area contributed by atoms with Gasteiger partial charge in [-0.05, 0) is 25.0 Å². The van der Waals surface area contributed by atoms with Crippen LogP contribution in [-0.2, 0) is 9.59 Å². The van der Waals surface area contributed by atoms with Gasteiger partial charge in [-0.25, -0.2) is 14.6 Å². The van der Waals surface area contributed by atoms with E-state index in [2.05, 4.69) is 25.7 Å². The first-order valence-electron chi connectivity index (χ1n) is 8.50. The normalized spacial score (nSPS) is 14.0. The van der Waals surface area contributed by atoms with Crippen molar-refractivity contribution >= 4 is 34.4 Å². The molecule has 0 spiro atoms. The molecule has 1 saturated carbocycles. The van der Waals surface area contributed by atoms with Gasteiger partial charge in [0, 0.05) is 30.5 Å². The van der Waals surface area contributed by atoms with E-state index in [0.717, 1.165) is 30.2 Å². The first kappa shape index (κ1) is 16.2. The average Bonchev–Trinajstić information content (AvgIpc) is 2.96. The summed E-state index contributed by atoms with van der Waals surface area (Å²) in [6.45, 7) is 1.43. The summed E-state index contributed by atoms with van der Waals surface area (Å²) in [6.07, 6.45) is 6.31. The summed E-state index contributed by atoms with van der Waals surface area (Å²) in [4.78, 5) is 32.1. The van der Waals surface area contributed by atoms with Crippen LogP contribution in [0.3, 0.4) is 0 Å². The Morgan fingerprint density at radius 1 is 1.15 bits per heavy atom. The molecule has 3 heterocycles. The zero-order valence-corrected chi connectivity index (χ0v) is 14.3. The fourth-order valence-electron chi connectivity index (χ4n) is 2.86. The molecule has 4 rings (SSSR count). The van der Waals surface area contributed by atoms with Crippen molar-refractivity contribution in [2.24, 2.45) is 5.92 Å². The number of nitrogens with one attached hydrogen (secondary N) is 2. The minimum atomic E-state index is -0.193. The zero-order chi connectivity index (χ0) is 18.1. The second-order valence-electron chi connectivity index (χ2n) is 6.36. The van der Waals surface area contributed by atoms with Crippen LogP contribution in [0.15, 0.2) is 36.7 Å². The summed E-state index contributed by atoms with van der Waals surface area (Å²) in [5.74, 6) is 1.44. The lowest BCUT2D eigenvalue weighted by Gasteiger charge is -2.23. The SMILES string of the molecule is CC(=O)Nc1cc2c(cn1)cnn2-c1cccc(NC(=O)C2CCC2)n1. The highest BCUT2D eigenvalue weighted by molar-refractivity contribution is 5.92. The fraction of sp³-hybridized carbons (Fsp3) is 0.278. The van der Waals surface area contributed by atoms with E-state index in [1.54, 1.807) is 29.2 Å². The Morgan fingerprint density at radius 2 is 2.00 bits per heavy atom. The highest BCUT2D eigenvalue weighted by Gasteiger charge is 2.25. The van der Waals surface area contributed by atoms with E-state index in [9.17, 15) is 9.59 Å². The van der Waals surface area contributed by atoms with Crippen molar-refractivity contribution < 1.29 is 9.59 Å². The molecule has 3 aromatic rings. The minimum absolute atomic E-state index is 0.0170. The second kappa shape index (κ2) is 6.55. The van der Waals surface area contributed by atoms with E-state index in [1.165, 1.54) is 6.92 Å². The second-order valence-corrected chi connectivity index (χ2v) is 6.36. The van der Waals surface area contributed by atoms with Crippen molar-refractivity contribution in [1.82, 2.24) is 19.7 Å². The van der Waals surface area contributed by atoms with Crippen LogP contribution < -0.4 is 10.6 Å². The number of hydrogen-bond acceptors (Lipinski definition) is 5. The lowest BCUT2D eigenvalue weighted by molar-refractivity contribution is -0.122. The Bertz CT molecular complexity index is 992. The third kappa shape index (κ3) is 3.13. The van der Waals surface area contributed by atoms with Crippen LogP contribution in [0.4, 0.5) is 11.6 Å². The van der Waals surface area contributed by atoms with Gasteiger partial charge >= 0.3 is 0 Å². The molecule has 0 radical (unpaired) electrons. The molecule has 0 aliphatic heterocycles. The van der Waals surface area contributed by atoms with Gasteiger partial charge in [0.2, 0.25) is 11.8 Å². The predicted molar refractivity (Wildman–Crippen MR) is 96.9 cm³/mol. The molecule has 0 unspecified atom stereocenters. The number of anilines is 2. The van der Waals surface area contributed by atoms with E-state index < -0.39 is 0 Å². The number of nitrogens with zero attached hydrogens (tertiary/aromatic N) is 4. The molecule has 0 saturated heterocycles. The molecule has 1 fully saturated rings. The number of carbonyl (C=O) groups excluding carboxylic acids is 2. The molecule has 2 N–H and O–H groups in total. The third-order valence-electron chi connectivity index (χ3n) is 4.44. The van der Waals surface area contributed by atoms with E-state index >= 15 is 0 Å². The fourth-order valence-corrected chi connectivity index (χ4v) is 2.86. The molecule has 0 aromatic carbocycles. The molecule has 132 valence electrons. The van der Waals surface area contributed by atoms with Gasteiger partial charge in [-0.2, -0.15) is 5.10 Å². The Hall–Kier alpha value is -3.29. The summed E-state index contributed by atoms with van der Waals surface area (Å²) in [5, 5.41) is 10.7. The van der Waals surface area contributed by atoms with Gasteiger partial charge in [0.15, 0.2) is 5.82 Å². The van der Waals surface area contributed by atoms with Gasteiger partial charge in [-0.15, -0.1) is 0 Å². The predicted octanol–water partition coefficient (Wildman–Crippen LogP) is 2.51. The summed E-state index contributed by atoms with van der Waals surface area (Å²) < 4.78 is 1.65. The van der Waals surface area contributed by atoms with Crippen molar-refractivity contribution in [2.45, 2.75) is 26.2 Å². The van der Waals surface area contributed by atoms with Gasteiger partial charge in [0.05, 0.1) is 11.7 Å². The number of pyridine rings is 2. The van der Waals surface area contributed by atoms with Crippen LogP contribution in [0, 0.1) is 5.92 Å². The van der Waals surface area contributed by atoms with Crippen molar-refractivity contribution in [3.05, 3.63) is 36.7 Å². The molecular formula is C18H18N6O2. The maximum Gasteiger partial charge on any atom is 0.228 e. The van der Waals surface area contributed by atoms with Crippen molar-refractivity contribution in [3.63, 3.8) is 0 Å². The van der Waals surface area contributed by atoms with Crippen molar-refractivity contribution in [2.75, 3.05) is 10.6 Å². The van der Waals surface area contributed by atoms with Gasteiger partial charge in [0.1, 0.15) is 11.6 Å². The standard InChI is InChI=1S/C18H18N6O2/c1-11(25)21-16-8-14-13(9-19-16)10-20-24(14)17-7-3-6-15(22-17)23-18(26)12-4-2-5-12/h3,6-10,12H,2,4-5H2,1H3,(H,19,21,25)(H,22,23,26). The topological polar surface area (TPSA) is 102 Å². The zero-order valence-electron chi connectivity index (χ0n) is 14.3. The molecule has 3 aromatic heterocycles. The smallest absolute Gasteiger partial charge is 0.228 e. The summed E-state index contributed by atoms with van der Waals surface area (Å²) in [5.41, 5.74) is 0.763. The van der Waals surface area contributed by atoms with Gasteiger partial charge in [-0.1, -0.05) is 12.5 Å². The van der Waals surface area contributed by atoms with Crippen molar-refractivity contribution in [3.8, 4) is 5.82 Å². The number of aromatic nitrogens is 4. The summed E-state index contributed by atoms with van der Waals surface area (Å²) in [6, 6.07) is 7.13. The van der Waals surface area contributed by atoms with E-state index in [4.69, 9.17) is 0 Å². The molecule has 8 nitrogen and oxygen atoms in total. The minimum Gasteiger partial charge on any atom is -0.311 e. The Balaban J connectivity index is 1.65. The summed E-state index contributed by atoms with van der Waals surface area (Å²) in [7, 11) is 0. The molecule has 1 aliphatic carbocycles. The van der Waals surface area contributed by atoms with Gasteiger partial charge < -0.3 is 10.6 Å². The maximum absolute atomic E-state index is 12.1.